The van der Waals surface area contributed by atoms with Crippen LogP contribution in [0.15, 0.2) is 48.5 Å². The van der Waals surface area contributed by atoms with E-state index >= 15 is 0 Å². The van der Waals surface area contributed by atoms with Gasteiger partial charge in [0.05, 0.1) is 11.1 Å². The number of carbonyl (C=O) groups is 2. The molecule has 0 bridgehead atoms. The Morgan fingerprint density at radius 3 is 1.56 bits per heavy atom. The predicted octanol–water partition coefficient (Wildman–Crippen LogP) is 6.62. The van der Waals surface area contributed by atoms with Crippen molar-refractivity contribution in [3.8, 4) is 0 Å². The van der Waals surface area contributed by atoms with E-state index in [4.69, 9.17) is 19.6 Å². The van der Waals surface area contributed by atoms with E-state index in [-0.39, 0.29) is 6.29 Å². The SMILES string of the molecule is [CH2]CCCCCCCC[C](OOC(=O)c1ccccc1C)OOC(=O)c1ccccc1C. The molecule has 32 heavy (non-hydrogen) atoms. The van der Waals surface area contributed by atoms with E-state index in [1.54, 1.807) is 50.2 Å². The van der Waals surface area contributed by atoms with Crippen LogP contribution in [0.3, 0.4) is 0 Å². The third-order valence-electron chi connectivity index (χ3n) is 5.03. The van der Waals surface area contributed by atoms with Gasteiger partial charge in [-0.3, -0.25) is 9.78 Å². The molecule has 0 N–H and O–H groups in total. The molecule has 2 aromatic rings. The molecule has 0 saturated carbocycles. The van der Waals surface area contributed by atoms with Crippen LogP contribution in [-0.4, -0.2) is 11.9 Å². The number of aryl methyl sites for hydroxylation is 2. The van der Waals surface area contributed by atoms with Crippen molar-refractivity contribution in [2.24, 2.45) is 0 Å². The van der Waals surface area contributed by atoms with Gasteiger partial charge >= 0.3 is 18.2 Å². The van der Waals surface area contributed by atoms with Crippen molar-refractivity contribution in [3.63, 3.8) is 0 Å². The van der Waals surface area contributed by atoms with Gasteiger partial charge in [-0.05, 0) is 43.5 Å². The Labute approximate surface area is 190 Å². The molecule has 0 aliphatic carbocycles. The Morgan fingerprint density at radius 2 is 1.09 bits per heavy atom. The van der Waals surface area contributed by atoms with Crippen LogP contribution in [0.5, 0.6) is 0 Å². The molecule has 6 nitrogen and oxygen atoms in total. The van der Waals surface area contributed by atoms with Crippen molar-refractivity contribution in [2.45, 2.75) is 65.2 Å². The first-order valence-electron chi connectivity index (χ1n) is 11.1. The zero-order chi connectivity index (χ0) is 23.2. The Balaban J connectivity index is 1.88. The van der Waals surface area contributed by atoms with Crippen molar-refractivity contribution in [2.75, 3.05) is 0 Å². The van der Waals surface area contributed by atoms with Crippen LogP contribution in [0.4, 0.5) is 0 Å². The smallest absolute Gasteiger partial charge is 0.289 e. The molecule has 2 aromatic carbocycles. The molecule has 0 aromatic heterocycles. The maximum atomic E-state index is 12.3. The predicted molar refractivity (Wildman–Crippen MR) is 121 cm³/mol. The molecule has 0 aliphatic rings. The van der Waals surface area contributed by atoms with Gasteiger partial charge in [0.1, 0.15) is 0 Å². The number of carbonyl (C=O) groups excluding carboxylic acids is 2. The molecule has 172 valence electrons. The molecule has 0 heterocycles. The van der Waals surface area contributed by atoms with Gasteiger partial charge in [-0.1, -0.05) is 81.8 Å². The molecule has 0 saturated heterocycles. The molecule has 6 heteroatoms. The summed E-state index contributed by atoms with van der Waals surface area (Å²) in [6, 6.07) is 14.0. The van der Waals surface area contributed by atoms with E-state index < -0.39 is 11.9 Å². The summed E-state index contributed by atoms with van der Waals surface area (Å²) in [5.74, 6) is -1.30. The number of hydrogen-bond donors (Lipinski definition) is 0. The summed E-state index contributed by atoms with van der Waals surface area (Å²) in [4.78, 5) is 44.8. The lowest BCUT2D eigenvalue weighted by atomic mass is 10.1. The Hall–Kier alpha value is -2.70. The van der Waals surface area contributed by atoms with E-state index in [0.717, 1.165) is 56.1 Å². The van der Waals surface area contributed by atoms with E-state index in [2.05, 4.69) is 6.92 Å². The Morgan fingerprint density at radius 1 is 0.656 bits per heavy atom. The molecular formula is C26H32O6. The standard InChI is InChI=1S/C26H32O6/c1-4-5-6-7-8-9-10-19-24(29-31-25(27)22-17-13-11-15-20(22)2)30-32-26(28)23-18-14-12-16-21(23)3/h11-18H,1,4-10,19H2,2-3H3. The summed E-state index contributed by atoms with van der Waals surface area (Å²) in [6.45, 7) is 7.45. The molecule has 0 fully saturated rings. The van der Waals surface area contributed by atoms with E-state index in [1.165, 1.54) is 0 Å². The van der Waals surface area contributed by atoms with Crippen LogP contribution in [0, 0.1) is 27.1 Å². The number of rotatable bonds is 14. The Bertz CT molecular complexity index is 786. The largest absolute Gasteiger partial charge is 0.373 e. The summed E-state index contributed by atoms with van der Waals surface area (Å²) in [5, 5.41) is 0. The summed E-state index contributed by atoms with van der Waals surface area (Å²) in [5.41, 5.74) is 2.29. The number of benzene rings is 2. The van der Waals surface area contributed by atoms with Gasteiger partial charge in [0.2, 0.25) is 0 Å². The summed E-state index contributed by atoms with van der Waals surface area (Å²) in [7, 11) is 0. The quantitative estimate of drug-likeness (QED) is 0.187. The van der Waals surface area contributed by atoms with Gasteiger partial charge < -0.3 is 0 Å². The van der Waals surface area contributed by atoms with Crippen LogP contribution in [0.1, 0.15) is 83.2 Å². The van der Waals surface area contributed by atoms with E-state index in [9.17, 15) is 9.59 Å². The average molecular weight is 441 g/mol. The summed E-state index contributed by atoms with van der Waals surface area (Å²) in [6.07, 6.45) is 7.40. The molecule has 0 aliphatic heterocycles. The molecule has 2 rings (SSSR count). The first-order chi connectivity index (χ1) is 15.5. The maximum Gasteiger partial charge on any atom is 0.373 e. The van der Waals surface area contributed by atoms with Crippen molar-refractivity contribution in [1.29, 1.82) is 0 Å². The minimum atomic E-state index is -0.650. The molecular weight excluding hydrogens is 408 g/mol. The minimum Gasteiger partial charge on any atom is -0.289 e. The highest BCUT2D eigenvalue weighted by atomic mass is 17.3. The van der Waals surface area contributed by atoms with Gasteiger partial charge in [0, 0.05) is 6.42 Å². The third-order valence-corrected chi connectivity index (χ3v) is 5.03. The van der Waals surface area contributed by atoms with Gasteiger partial charge in [-0.15, -0.1) is 9.78 Å². The second kappa shape index (κ2) is 14.4. The molecule has 0 spiro atoms. The maximum absolute atomic E-state index is 12.3. The fraction of sp³-hybridized carbons (Fsp3) is 0.385. The highest BCUT2D eigenvalue weighted by Crippen LogP contribution is 2.20. The lowest BCUT2D eigenvalue weighted by molar-refractivity contribution is -0.364. The van der Waals surface area contributed by atoms with Crippen LogP contribution in [-0.2, 0) is 19.6 Å². The van der Waals surface area contributed by atoms with Crippen LogP contribution < -0.4 is 0 Å². The monoisotopic (exact) mass is 440 g/mol. The molecule has 0 unspecified atom stereocenters. The fourth-order valence-electron chi connectivity index (χ4n) is 3.11. The minimum absolute atomic E-state index is 0.0772. The van der Waals surface area contributed by atoms with Crippen LogP contribution in [0.25, 0.3) is 0 Å². The zero-order valence-corrected chi connectivity index (χ0v) is 18.9. The van der Waals surface area contributed by atoms with Crippen LogP contribution >= 0.6 is 0 Å². The first-order valence-corrected chi connectivity index (χ1v) is 11.1. The highest BCUT2D eigenvalue weighted by molar-refractivity contribution is 5.91. The molecule has 0 atom stereocenters. The second-order valence-corrected chi connectivity index (χ2v) is 7.63. The second-order valence-electron chi connectivity index (χ2n) is 7.63. The van der Waals surface area contributed by atoms with Gasteiger partial charge in [0.25, 0.3) is 0 Å². The van der Waals surface area contributed by atoms with Crippen molar-refractivity contribution < 1.29 is 29.1 Å². The van der Waals surface area contributed by atoms with Crippen LogP contribution in [0.2, 0.25) is 0 Å². The van der Waals surface area contributed by atoms with Gasteiger partial charge in [0.15, 0.2) is 0 Å². The lowest BCUT2D eigenvalue weighted by Crippen LogP contribution is -2.17. The normalized spacial score (nSPS) is 10.9. The van der Waals surface area contributed by atoms with E-state index in [1.807, 2.05) is 12.1 Å². The highest BCUT2D eigenvalue weighted by Gasteiger charge is 2.22. The fourth-order valence-corrected chi connectivity index (χ4v) is 3.11. The van der Waals surface area contributed by atoms with Crippen molar-refractivity contribution >= 4 is 11.9 Å². The van der Waals surface area contributed by atoms with Gasteiger partial charge in [-0.25, -0.2) is 9.59 Å². The van der Waals surface area contributed by atoms with Crippen molar-refractivity contribution in [1.82, 2.24) is 0 Å². The van der Waals surface area contributed by atoms with E-state index in [0.29, 0.717) is 17.5 Å². The topological polar surface area (TPSA) is 71.1 Å². The third kappa shape index (κ3) is 8.81. The number of hydrogen-bond acceptors (Lipinski definition) is 6. The zero-order valence-electron chi connectivity index (χ0n) is 18.9. The average Bonchev–Trinajstić information content (AvgIpc) is 2.80. The Kier molecular flexibility index (Phi) is 11.5. The summed E-state index contributed by atoms with van der Waals surface area (Å²) >= 11 is 0. The summed E-state index contributed by atoms with van der Waals surface area (Å²) < 4.78 is 0. The lowest BCUT2D eigenvalue weighted by Gasteiger charge is -2.14. The number of unbranched alkanes of at least 4 members (excludes halogenated alkanes) is 6. The molecule has 0 amide bonds. The van der Waals surface area contributed by atoms with Crippen molar-refractivity contribution in [3.05, 3.63) is 84.0 Å². The van der Waals surface area contributed by atoms with Gasteiger partial charge in [-0.2, -0.15) is 0 Å². The first kappa shape index (κ1) is 25.6. The molecule has 2 radical (unpaired) electrons.